The summed E-state index contributed by atoms with van der Waals surface area (Å²) in [7, 11) is 3.48. The summed E-state index contributed by atoms with van der Waals surface area (Å²) in [5.74, 6) is 0.647. The molecule has 1 amide bonds. The number of aliphatic imine (C=N–C) groups is 1. The van der Waals surface area contributed by atoms with Crippen LogP contribution in [0.15, 0.2) is 47.5 Å². The van der Waals surface area contributed by atoms with Crippen molar-refractivity contribution in [3.8, 4) is 0 Å². The van der Waals surface area contributed by atoms with E-state index in [-0.39, 0.29) is 12.5 Å². The van der Waals surface area contributed by atoms with Gasteiger partial charge in [-0.05, 0) is 31.0 Å². The number of rotatable bonds is 7. The lowest BCUT2D eigenvalue weighted by Gasteiger charge is -2.13. The molecule has 0 aliphatic carbocycles. The van der Waals surface area contributed by atoms with Gasteiger partial charge in [-0.2, -0.15) is 0 Å². The molecule has 0 saturated heterocycles. The van der Waals surface area contributed by atoms with E-state index in [9.17, 15) is 4.79 Å². The third kappa shape index (κ3) is 6.97. The maximum absolute atomic E-state index is 11.8. The summed E-state index contributed by atoms with van der Waals surface area (Å²) in [6, 6.07) is 14.5. The summed E-state index contributed by atoms with van der Waals surface area (Å²) in [5.41, 5.74) is 1.27. The van der Waals surface area contributed by atoms with E-state index in [4.69, 9.17) is 0 Å². The monoisotopic (exact) mass is 358 g/mol. The standard InChI is InChI=1S/C19H26N4OS/c1-15-9-10-17(25-15)13-21-19(22-14-18(24)23(2)3)20-12-11-16-7-5-4-6-8-16/h4-10H,11-14H2,1-3H3,(H2,20,21,22). The molecular formula is C19H26N4OS. The van der Waals surface area contributed by atoms with E-state index in [2.05, 4.69) is 46.8 Å². The first-order chi connectivity index (χ1) is 12.0. The van der Waals surface area contributed by atoms with E-state index >= 15 is 0 Å². The van der Waals surface area contributed by atoms with Gasteiger partial charge in [-0.3, -0.25) is 4.79 Å². The Morgan fingerprint density at radius 1 is 1.12 bits per heavy atom. The zero-order valence-corrected chi connectivity index (χ0v) is 15.9. The Morgan fingerprint density at radius 2 is 1.88 bits per heavy atom. The normalized spacial score (nSPS) is 11.2. The van der Waals surface area contributed by atoms with E-state index in [1.54, 1.807) is 30.3 Å². The van der Waals surface area contributed by atoms with Crippen molar-refractivity contribution in [1.82, 2.24) is 15.5 Å². The molecule has 0 fully saturated rings. The van der Waals surface area contributed by atoms with Crippen LogP contribution in [0.3, 0.4) is 0 Å². The van der Waals surface area contributed by atoms with Crippen molar-refractivity contribution in [1.29, 1.82) is 0 Å². The van der Waals surface area contributed by atoms with Crippen LogP contribution < -0.4 is 10.6 Å². The van der Waals surface area contributed by atoms with Gasteiger partial charge in [-0.15, -0.1) is 11.3 Å². The van der Waals surface area contributed by atoms with Crippen molar-refractivity contribution in [3.63, 3.8) is 0 Å². The molecule has 25 heavy (non-hydrogen) atoms. The SMILES string of the molecule is Cc1ccc(CNC(=NCC(=O)N(C)C)NCCc2ccccc2)s1. The summed E-state index contributed by atoms with van der Waals surface area (Å²) in [6.45, 7) is 3.69. The van der Waals surface area contributed by atoms with E-state index in [1.165, 1.54) is 15.3 Å². The highest BCUT2D eigenvalue weighted by molar-refractivity contribution is 7.11. The molecule has 1 aromatic carbocycles. The summed E-state index contributed by atoms with van der Waals surface area (Å²) < 4.78 is 0. The molecule has 0 unspecified atom stereocenters. The molecule has 6 heteroatoms. The molecule has 0 radical (unpaired) electrons. The Bertz CT molecular complexity index is 694. The number of carbonyl (C=O) groups is 1. The second-order valence-corrected chi connectivity index (χ2v) is 7.35. The number of nitrogens with one attached hydrogen (secondary N) is 2. The van der Waals surface area contributed by atoms with Crippen molar-refractivity contribution < 1.29 is 4.79 Å². The Labute approximate surface area is 153 Å². The molecule has 0 aliphatic heterocycles. The number of thiophene rings is 1. The molecule has 0 spiro atoms. The molecule has 134 valence electrons. The van der Waals surface area contributed by atoms with Gasteiger partial charge in [-0.25, -0.2) is 4.99 Å². The van der Waals surface area contributed by atoms with Gasteiger partial charge < -0.3 is 15.5 Å². The largest absolute Gasteiger partial charge is 0.356 e. The van der Waals surface area contributed by atoms with Crippen LogP contribution >= 0.6 is 11.3 Å². The van der Waals surface area contributed by atoms with Gasteiger partial charge in [-0.1, -0.05) is 30.3 Å². The highest BCUT2D eigenvalue weighted by Gasteiger charge is 2.05. The summed E-state index contributed by atoms with van der Waals surface area (Å²) in [4.78, 5) is 20.3. The fourth-order valence-corrected chi connectivity index (χ4v) is 3.01. The number of nitrogens with zero attached hydrogens (tertiary/aromatic N) is 2. The second-order valence-electron chi connectivity index (χ2n) is 5.98. The lowest BCUT2D eigenvalue weighted by atomic mass is 10.1. The first-order valence-corrected chi connectivity index (χ1v) is 9.18. The van der Waals surface area contributed by atoms with Gasteiger partial charge in [0.1, 0.15) is 6.54 Å². The van der Waals surface area contributed by atoms with Gasteiger partial charge in [0.2, 0.25) is 5.91 Å². The van der Waals surface area contributed by atoms with E-state index in [0.717, 1.165) is 13.0 Å². The molecule has 0 atom stereocenters. The van der Waals surface area contributed by atoms with Crippen molar-refractivity contribution >= 4 is 23.2 Å². The third-order valence-corrected chi connectivity index (χ3v) is 4.65. The van der Waals surface area contributed by atoms with Crippen molar-refractivity contribution in [2.75, 3.05) is 27.2 Å². The zero-order chi connectivity index (χ0) is 18.1. The fourth-order valence-electron chi connectivity index (χ4n) is 2.18. The predicted molar refractivity (Wildman–Crippen MR) is 105 cm³/mol. The summed E-state index contributed by atoms with van der Waals surface area (Å²) in [5, 5.41) is 6.62. The van der Waals surface area contributed by atoms with E-state index in [0.29, 0.717) is 12.5 Å². The molecule has 0 bridgehead atoms. The Kier molecular flexibility index (Phi) is 7.47. The van der Waals surface area contributed by atoms with Gasteiger partial charge in [0.05, 0.1) is 6.54 Å². The predicted octanol–water partition coefficient (Wildman–Crippen LogP) is 2.42. The van der Waals surface area contributed by atoms with Crippen molar-refractivity contribution in [2.24, 2.45) is 4.99 Å². The van der Waals surface area contributed by atoms with Crippen LogP contribution in [0.25, 0.3) is 0 Å². The van der Waals surface area contributed by atoms with E-state index in [1.807, 2.05) is 18.2 Å². The second kappa shape index (κ2) is 9.84. The lowest BCUT2D eigenvalue weighted by Crippen LogP contribution is -2.39. The van der Waals surface area contributed by atoms with Gasteiger partial charge in [0.25, 0.3) is 0 Å². The zero-order valence-electron chi connectivity index (χ0n) is 15.1. The Morgan fingerprint density at radius 3 is 2.52 bits per heavy atom. The summed E-state index contributed by atoms with van der Waals surface area (Å²) in [6.07, 6.45) is 0.904. The van der Waals surface area contributed by atoms with Crippen LogP contribution in [0.2, 0.25) is 0 Å². The van der Waals surface area contributed by atoms with E-state index < -0.39 is 0 Å². The molecule has 1 aromatic heterocycles. The van der Waals surface area contributed by atoms with Crippen LogP contribution in [-0.2, 0) is 17.8 Å². The molecule has 5 nitrogen and oxygen atoms in total. The number of aryl methyl sites for hydroxylation is 1. The lowest BCUT2D eigenvalue weighted by molar-refractivity contribution is -0.127. The number of benzene rings is 1. The minimum atomic E-state index is -0.0175. The first-order valence-electron chi connectivity index (χ1n) is 8.36. The molecule has 2 rings (SSSR count). The van der Waals surface area contributed by atoms with Crippen LogP contribution in [-0.4, -0.2) is 44.0 Å². The topological polar surface area (TPSA) is 56.7 Å². The molecule has 2 aromatic rings. The Balaban J connectivity index is 1.90. The highest BCUT2D eigenvalue weighted by Crippen LogP contribution is 2.14. The van der Waals surface area contributed by atoms with Crippen molar-refractivity contribution in [2.45, 2.75) is 19.9 Å². The van der Waals surface area contributed by atoms with Gasteiger partial charge >= 0.3 is 0 Å². The van der Waals surface area contributed by atoms with Crippen LogP contribution in [0, 0.1) is 6.92 Å². The summed E-state index contributed by atoms with van der Waals surface area (Å²) >= 11 is 1.76. The average Bonchev–Trinajstić information content (AvgIpc) is 3.02. The number of carbonyl (C=O) groups excluding carboxylic acids is 1. The molecule has 0 saturated carbocycles. The van der Waals surface area contributed by atoms with Crippen LogP contribution in [0.4, 0.5) is 0 Å². The Hall–Kier alpha value is -2.34. The van der Waals surface area contributed by atoms with Crippen molar-refractivity contribution in [3.05, 3.63) is 57.8 Å². The first kappa shape index (κ1) is 19.0. The highest BCUT2D eigenvalue weighted by atomic mass is 32.1. The van der Waals surface area contributed by atoms with Crippen LogP contribution in [0.1, 0.15) is 15.3 Å². The number of hydrogen-bond donors (Lipinski definition) is 2. The number of hydrogen-bond acceptors (Lipinski definition) is 3. The molecule has 1 heterocycles. The fraction of sp³-hybridized carbons (Fsp3) is 0.368. The maximum Gasteiger partial charge on any atom is 0.243 e. The molecular weight excluding hydrogens is 332 g/mol. The van der Waals surface area contributed by atoms with Crippen LogP contribution in [0.5, 0.6) is 0 Å². The number of likely N-dealkylation sites (N-methyl/N-ethyl adjacent to an activating group) is 1. The third-order valence-electron chi connectivity index (χ3n) is 3.65. The molecule has 0 aliphatic rings. The average molecular weight is 359 g/mol. The number of guanidine groups is 1. The quantitative estimate of drug-likeness (QED) is 0.590. The minimum absolute atomic E-state index is 0.0175. The molecule has 2 N–H and O–H groups in total. The minimum Gasteiger partial charge on any atom is -0.356 e. The van der Waals surface area contributed by atoms with Gasteiger partial charge in [0, 0.05) is 30.4 Å². The maximum atomic E-state index is 11.8. The number of amides is 1. The van der Waals surface area contributed by atoms with Gasteiger partial charge in [0.15, 0.2) is 5.96 Å². The smallest absolute Gasteiger partial charge is 0.243 e.